The Labute approximate surface area is 114 Å². The average Bonchev–Trinajstić information content (AvgIpc) is 2.39. The number of rotatable bonds is 11. The molecule has 0 fully saturated rings. The summed E-state index contributed by atoms with van der Waals surface area (Å²) in [5, 5.41) is 3.67. The number of methoxy groups -OCH3 is 1. The van der Waals surface area contributed by atoms with Crippen LogP contribution in [0.4, 0.5) is 0 Å². The summed E-state index contributed by atoms with van der Waals surface area (Å²) in [6.45, 7) is 14.4. The molecule has 3 unspecified atom stereocenters. The van der Waals surface area contributed by atoms with E-state index in [0.717, 1.165) is 19.7 Å². The molecule has 3 atom stereocenters. The minimum Gasteiger partial charge on any atom is -0.383 e. The summed E-state index contributed by atoms with van der Waals surface area (Å²) < 4.78 is 5.25. The lowest BCUT2D eigenvalue weighted by molar-refractivity contribution is 0.0770. The summed E-state index contributed by atoms with van der Waals surface area (Å²) in [4.78, 5) is 2.58. The van der Waals surface area contributed by atoms with E-state index in [4.69, 9.17) is 4.74 Å². The third-order valence-electron chi connectivity index (χ3n) is 3.91. The molecule has 0 spiro atoms. The van der Waals surface area contributed by atoms with Crippen molar-refractivity contribution < 1.29 is 4.74 Å². The van der Waals surface area contributed by atoms with Crippen molar-refractivity contribution in [1.29, 1.82) is 0 Å². The lowest BCUT2D eigenvalue weighted by Gasteiger charge is -2.38. The topological polar surface area (TPSA) is 24.5 Å². The van der Waals surface area contributed by atoms with Gasteiger partial charge >= 0.3 is 0 Å². The zero-order chi connectivity index (χ0) is 14.0. The maximum atomic E-state index is 5.25. The van der Waals surface area contributed by atoms with E-state index in [1.807, 2.05) is 0 Å². The molecular weight excluding hydrogens is 224 g/mol. The van der Waals surface area contributed by atoms with Crippen LogP contribution in [0.2, 0.25) is 0 Å². The molecule has 18 heavy (non-hydrogen) atoms. The van der Waals surface area contributed by atoms with E-state index >= 15 is 0 Å². The minimum absolute atomic E-state index is 0.562. The Kier molecular flexibility index (Phi) is 10.7. The highest BCUT2D eigenvalue weighted by molar-refractivity contribution is 4.83. The summed E-state index contributed by atoms with van der Waals surface area (Å²) in [7, 11) is 1.78. The second-order valence-electron chi connectivity index (χ2n) is 5.20. The van der Waals surface area contributed by atoms with Crippen molar-refractivity contribution >= 4 is 0 Å². The van der Waals surface area contributed by atoms with E-state index in [9.17, 15) is 0 Å². The van der Waals surface area contributed by atoms with Gasteiger partial charge in [-0.3, -0.25) is 4.90 Å². The molecule has 0 heterocycles. The standard InChI is InChI=1S/C15H34N2O/c1-7-10-16-15(9-3)14(5)17(11-12-18-6)13(4)8-2/h13-16H,7-12H2,1-6H3. The molecule has 0 aliphatic rings. The van der Waals surface area contributed by atoms with Gasteiger partial charge in [0.2, 0.25) is 0 Å². The molecule has 0 amide bonds. The van der Waals surface area contributed by atoms with Crippen LogP contribution < -0.4 is 5.32 Å². The number of nitrogens with one attached hydrogen (secondary N) is 1. The maximum Gasteiger partial charge on any atom is 0.0589 e. The van der Waals surface area contributed by atoms with Gasteiger partial charge in [0.1, 0.15) is 0 Å². The van der Waals surface area contributed by atoms with Gasteiger partial charge in [0.05, 0.1) is 6.61 Å². The van der Waals surface area contributed by atoms with E-state index in [-0.39, 0.29) is 0 Å². The van der Waals surface area contributed by atoms with Crippen LogP contribution in [0.5, 0.6) is 0 Å². The lowest BCUT2D eigenvalue weighted by atomic mass is 10.0. The second kappa shape index (κ2) is 10.8. The fourth-order valence-corrected chi connectivity index (χ4v) is 2.47. The Hall–Kier alpha value is -0.120. The second-order valence-corrected chi connectivity index (χ2v) is 5.20. The molecule has 0 aliphatic carbocycles. The van der Waals surface area contributed by atoms with Crippen LogP contribution in [0, 0.1) is 0 Å². The fraction of sp³-hybridized carbons (Fsp3) is 1.00. The van der Waals surface area contributed by atoms with Crippen molar-refractivity contribution in [3.63, 3.8) is 0 Å². The van der Waals surface area contributed by atoms with Crippen LogP contribution in [0.25, 0.3) is 0 Å². The summed E-state index contributed by atoms with van der Waals surface area (Å²) in [5.41, 5.74) is 0. The van der Waals surface area contributed by atoms with E-state index in [0.29, 0.717) is 18.1 Å². The van der Waals surface area contributed by atoms with Gasteiger partial charge in [-0.05, 0) is 39.7 Å². The van der Waals surface area contributed by atoms with Crippen LogP contribution in [-0.2, 0) is 4.74 Å². The Morgan fingerprint density at radius 3 is 2.22 bits per heavy atom. The predicted molar refractivity (Wildman–Crippen MR) is 80.2 cm³/mol. The molecule has 3 heteroatoms. The van der Waals surface area contributed by atoms with Gasteiger partial charge < -0.3 is 10.1 Å². The maximum absolute atomic E-state index is 5.25. The largest absolute Gasteiger partial charge is 0.383 e. The lowest BCUT2D eigenvalue weighted by Crippen LogP contribution is -2.52. The Morgan fingerprint density at radius 1 is 1.11 bits per heavy atom. The summed E-state index contributed by atoms with van der Waals surface area (Å²) in [5.74, 6) is 0. The number of nitrogens with zero attached hydrogens (tertiary/aromatic N) is 1. The first kappa shape index (κ1) is 17.9. The van der Waals surface area contributed by atoms with E-state index in [2.05, 4.69) is 44.8 Å². The van der Waals surface area contributed by atoms with Crippen molar-refractivity contribution in [2.45, 2.75) is 72.0 Å². The van der Waals surface area contributed by atoms with Gasteiger partial charge in [-0.25, -0.2) is 0 Å². The molecule has 3 nitrogen and oxygen atoms in total. The van der Waals surface area contributed by atoms with Crippen LogP contribution in [0.1, 0.15) is 53.9 Å². The van der Waals surface area contributed by atoms with Crippen molar-refractivity contribution in [2.24, 2.45) is 0 Å². The molecular formula is C15H34N2O. The van der Waals surface area contributed by atoms with Gasteiger partial charge in [-0.15, -0.1) is 0 Å². The predicted octanol–water partition coefficient (Wildman–Crippen LogP) is 2.90. The zero-order valence-corrected chi connectivity index (χ0v) is 13.3. The minimum atomic E-state index is 0.562. The summed E-state index contributed by atoms with van der Waals surface area (Å²) >= 11 is 0. The van der Waals surface area contributed by atoms with Gasteiger partial charge in [-0.2, -0.15) is 0 Å². The van der Waals surface area contributed by atoms with Crippen LogP contribution in [0.3, 0.4) is 0 Å². The molecule has 1 N–H and O–H groups in total. The average molecular weight is 258 g/mol. The van der Waals surface area contributed by atoms with Gasteiger partial charge in [0, 0.05) is 31.8 Å². The van der Waals surface area contributed by atoms with Crippen LogP contribution >= 0.6 is 0 Å². The van der Waals surface area contributed by atoms with Crippen molar-refractivity contribution in [2.75, 3.05) is 26.8 Å². The molecule has 0 radical (unpaired) electrons. The molecule has 0 rings (SSSR count). The van der Waals surface area contributed by atoms with Gasteiger partial charge in [0.25, 0.3) is 0 Å². The third kappa shape index (κ3) is 6.17. The quantitative estimate of drug-likeness (QED) is 0.617. The van der Waals surface area contributed by atoms with Crippen LogP contribution in [0.15, 0.2) is 0 Å². The van der Waals surface area contributed by atoms with E-state index in [1.165, 1.54) is 19.3 Å². The summed E-state index contributed by atoms with van der Waals surface area (Å²) in [6, 6.07) is 1.76. The van der Waals surface area contributed by atoms with E-state index in [1.54, 1.807) is 7.11 Å². The number of hydrogen-bond acceptors (Lipinski definition) is 3. The first-order chi connectivity index (χ1) is 8.62. The Balaban J connectivity index is 4.52. The Morgan fingerprint density at radius 2 is 1.78 bits per heavy atom. The SMILES string of the molecule is CCCNC(CC)C(C)N(CCOC)C(C)CC. The molecule has 0 aromatic carbocycles. The molecule has 0 aromatic rings. The monoisotopic (exact) mass is 258 g/mol. The smallest absolute Gasteiger partial charge is 0.0589 e. The third-order valence-corrected chi connectivity index (χ3v) is 3.91. The number of hydrogen-bond donors (Lipinski definition) is 1. The van der Waals surface area contributed by atoms with Crippen molar-refractivity contribution in [3.8, 4) is 0 Å². The van der Waals surface area contributed by atoms with Crippen molar-refractivity contribution in [1.82, 2.24) is 10.2 Å². The molecule has 0 saturated carbocycles. The zero-order valence-electron chi connectivity index (χ0n) is 13.3. The molecule has 0 bridgehead atoms. The highest BCUT2D eigenvalue weighted by Crippen LogP contribution is 2.13. The molecule has 0 saturated heterocycles. The molecule has 0 aromatic heterocycles. The Bertz CT molecular complexity index is 187. The first-order valence-electron chi connectivity index (χ1n) is 7.60. The van der Waals surface area contributed by atoms with Gasteiger partial charge in [0.15, 0.2) is 0 Å². The highest BCUT2D eigenvalue weighted by atomic mass is 16.5. The highest BCUT2D eigenvalue weighted by Gasteiger charge is 2.24. The van der Waals surface area contributed by atoms with E-state index < -0.39 is 0 Å². The molecule has 110 valence electrons. The number of ether oxygens (including phenoxy) is 1. The first-order valence-corrected chi connectivity index (χ1v) is 7.60. The fourth-order valence-electron chi connectivity index (χ4n) is 2.47. The van der Waals surface area contributed by atoms with Gasteiger partial charge in [-0.1, -0.05) is 20.8 Å². The van der Waals surface area contributed by atoms with Crippen LogP contribution in [-0.4, -0.2) is 49.8 Å². The van der Waals surface area contributed by atoms with Crippen molar-refractivity contribution in [3.05, 3.63) is 0 Å². The summed E-state index contributed by atoms with van der Waals surface area (Å²) in [6.07, 6.45) is 3.57. The molecule has 0 aliphatic heterocycles. The normalized spacial score (nSPS) is 16.8.